The molecule has 10 heteroatoms. The highest BCUT2D eigenvalue weighted by atomic mass is 32.1. The van der Waals surface area contributed by atoms with E-state index in [1.165, 1.54) is 18.2 Å². The third-order valence-corrected chi connectivity index (χ3v) is 6.55. The van der Waals surface area contributed by atoms with Gasteiger partial charge in [0.2, 0.25) is 5.91 Å². The molecule has 2 aromatic carbocycles. The Balaban J connectivity index is 1.22. The molecule has 1 aliphatic heterocycles. The Labute approximate surface area is 195 Å². The number of aromatic nitrogens is 1. The maximum absolute atomic E-state index is 12.1. The molecule has 172 valence electrons. The van der Waals surface area contributed by atoms with Crippen LogP contribution in [-0.2, 0) is 4.79 Å². The lowest BCUT2D eigenvalue weighted by Gasteiger charge is -2.34. The molecule has 0 bridgehead atoms. The van der Waals surface area contributed by atoms with E-state index in [1.807, 2.05) is 12.1 Å². The van der Waals surface area contributed by atoms with E-state index in [4.69, 9.17) is 9.72 Å². The molecule has 0 atom stereocenters. The Hall–Kier alpha value is -3.50. The molecular weight excluding hydrogens is 442 g/mol. The maximum Gasteiger partial charge on any atom is 0.270 e. The standard InChI is InChI=1S/C23H25N5O4S/c1-32-19-6-3-7-20-22(19)25-23(33-20)27-14-12-26(13-15-27)11-10-24-21(29)9-8-17-4-2-5-18(16-17)28(30)31/h2-9,16H,10-15H2,1H3,(H,24,29)/b9-8+. The van der Waals surface area contributed by atoms with E-state index >= 15 is 0 Å². The number of carbonyl (C=O) groups is 1. The van der Waals surface area contributed by atoms with E-state index in [0.717, 1.165) is 53.8 Å². The molecular formula is C23H25N5O4S. The van der Waals surface area contributed by atoms with Gasteiger partial charge in [0, 0.05) is 57.5 Å². The summed E-state index contributed by atoms with van der Waals surface area (Å²) >= 11 is 1.68. The van der Waals surface area contributed by atoms with Crippen molar-refractivity contribution in [2.75, 3.05) is 51.3 Å². The zero-order chi connectivity index (χ0) is 23.2. The van der Waals surface area contributed by atoms with Crippen molar-refractivity contribution >= 4 is 44.4 Å². The summed E-state index contributed by atoms with van der Waals surface area (Å²) < 4.78 is 6.54. The number of ether oxygens (including phenoxy) is 1. The Morgan fingerprint density at radius 2 is 2.03 bits per heavy atom. The average molecular weight is 468 g/mol. The Morgan fingerprint density at radius 3 is 2.79 bits per heavy atom. The predicted octanol–water partition coefficient (Wildman–Crippen LogP) is 3.16. The highest BCUT2D eigenvalue weighted by Crippen LogP contribution is 2.34. The fourth-order valence-corrected chi connectivity index (χ4v) is 4.72. The quantitative estimate of drug-likeness (QED) is 0.308. The number of methoxy groups -OCH3 is 1. The number of non-ortho nitro benzene ring substituents is 1. The lowest BCUT2D eigenvalue weighted by Crippen LogP contribution is -2.48. The number of rotatable bonds is 8. The monoisotopic (exact) mass is 467 g/mol. The molecule has 0 radical (unpaired) electrons. The van der Waals surface area contributed by atoms with Crippen molar-refractivity contribution in [3.05, 3.63) is 64.2 Å². The normalized spacial score (nSPS) is 14.6. The number of thiazole rings is 1. The molecule has 1 N–H and O–H groups in total. The third kappa shape index (κ3) is 5.65. The van der Waals surface area contributed by atoms with Gasteiger partial charge in [-0.05, 0) is 23.8 Å². The molecule has 1 fully saturated rings. The summed E-state index contributed by atoms with van der Waals surface area (Å²) in [5.41, 5.74) is 1.52. The first-order chi connectivity index (χ1) is 16.0. The van der Waals surface area contributed by atoms with Gasteiger partial charge in [0.25, 0.3) is 5.69 Å². The van der Waals surface area contributed by atoms with Crippen LogP contribution >= 0.6 is 11.3 Å². The summed E-state index contributed by atoms with van der Waals surface area (Å²) in [4.78, 5) is 31.8. The second-order valence-electron chi connectivity index (χ2n) is 7.61. The number of benzene rings is 2. The van der Waals surface area contributed by atoms with E-state index < -0.39 is 4.92 Å². The fraction of sp³-hybridized carbons (Fsp3) is 0.304. The molecule has 3 aromatic rings. The number of amides is 1. The molecule has 1 saturated heterocycles. The summed E-state index contributed by atoms with van der Waals surface area (Å²) in [5.74, 6) is 0.576. The van der Waals surface area contributed by atoms with Gasteiger partial charge in [-0.15, -0.1) is 0 Å². The molecule has 0 spiro atoms. The van der Waals surface area contributed by atoms with E-state index in [0.29, 0.717) is 12.1 Å². The smallest absolute Gasteiger partial charge is 0.270 e. The molecule has 2 heterocycles. The van der Waals surface area contributed by atoms with E-state index in [1.54, 1.807) is 36.7 Å². The summed E-state index contributed by atoms with van der Waals surface area (Å²) in [6.07, 6.45) is 2.98. The highest BCUT2D eigenvalue weighted by molar-refractivity contribution is 7.22. The molecule has 9 nitrogen and oxygen atoms in total. The number of nitro benzene ring substituents is 1. The summed E-state index contributed by atoms with van der Waals surface area (Å²) in [7, 11) is 1.66. The van der Waals surface area contributed by atoms with Crippen molar-refractivity contribution in [3.8, 4) is 5.75 Å². The fourth-order valence-electron chi connectivity index (χ4n) is 3.68. The first-order valence-corrected chi connectivity index (χ1v) is 11.5. The maximum atomic E-state index is 12.1. The van der Waals surface area contributed by atoms with Gasteiger partial charge in [0.05, 0.1) is 16.7 Å². The lowest BCUT2D eigenvalue weighted by atomic mass is 10.2. The summed E-state index contributed by atoms with van der Waals surface area (Å²) in [6, 6.07) is 12.1. The number of para-hydroxylation sites is 1. The number of fused-ring (bicyclic) bond motifs is 1. The van der Waals surface area contributed by atoms with E-state index in [2.05, 4.69) is 21.2 Å². The van der Waals surface area contributed by atoms with Crippen LogP contribution in [-0.4, -0.2) is 67.1 Å². The van der Waals surface area contributed by atoms with Gasteiger partial charge in [0.1, 0.15) is 11.3 Å². The first kappa shape index (κ1) is 22.7. The minimum Gasteiger partial charge on any atom is -0.494 e. The van der Waals surface area contributed by atoms with Gasteiger partial charge in [-0.25, -0.2) is 4.98 Å². The molecule has 0 aliphatic carbocycles. The van der Waals surface area contributed by atoms with Gasteiger partial charge in [-0.3, -0.25) is 19.8 Å². The number of hydrogen-bond donors (Lipinski definition) is 1. The Bertz CT molecular complexity index is 1170. The van der Waals surface area contributed by atoms with Gasteiger partial charge in [0.15, 0.2) is 5.13 Å². The number of nitro groups is 1. The number of piperazine rings is 1. The minimum absolute atomic E-state index is 0.00156. The van der Waals surface area contributed by atoms with Crippen molar-refractivity contribution in [1.29, 1.82) is 0 Å². The highest BCUT2D eigenvalue weighted by Gasteiger charge is 2.20. The van der Waals surface area contributed by atoms with Gasteiger partial charge < -0.3 is 15.0 Å². The van der Waals surface area contributed by atoms with Crippen molar-refractivity contribution in [3.63, 3.8) is 0 Å². The third-order valence-electron chi connectivity index (χ3n) is 5.47. The number of anilines is 1. The van der Waals surface area contributed by atoms with Crippen LogP contribution in [0.4, 0.5) is 10.8 Å². The summed E-state index contributed by atoms with van der Waals surface area (Å²) in [5, 5.41) is 14.7. The summed E-state index contributed by atoms with van der Waals surface area (Å²) in [6.45, 7) is 4.85. The lowest BCUT2D eigenvalue weighted by molar-refractivity contribution is -0.384. The number of nitrogens with zero attached hydrogens (tertiary/aromatic N) is 4. The van der Waals surface area contributed by atoms with Crippen molar-refractivity contribution < 1.29 is 14.5 Å². The molecule has 33 heavy (non-hydrogen) atoms. The zero-order valence-electron chi connectivity index (χ0n) is 18.3. The molecule has 1 aromatic heterocycles. The number of hydrogen-bond acceptors (Lipinski definition) is 8. The predicted molar refractivity (Wildman–Crippen MR) is 130 cm³/mol. The van der Waals surface area contributed by atoms with Crippen LogP contribution in [0.15, 0.2) is 48.5 Å². The van der Waals surface area contributed by atoms with Crippen molar-refractivity contribution in [2.24, 2.45) is 0 Å². The molecule has 4 rings (SSSR count). The van der Waals surface area contributed by atoms with Crippen molar-refractivity contribution in [2.45, 2.75) is 0 Å². The largest absolute Gasteiger partial charge is 0.494 e. The van der Waals surface area contributed by atoms with E-state index in [-0.39, 0.29) is 11.6 Å². The number of carbonyl (C=O) groups excluding carboxylic acids is 1. The second-order valence-corrected chi connectivity index (χ2v) is 8.62. The minimum atomic E-state index is -0.454. The second kappa shape index (κ2) is 10.4. The van der Waals surface area contributed by atoms with Crippen LogP contribution in [0.25, 0.3) is 16.3 Å². The van der Waals surface area contributed by atoms with Crippen LogP contribution in [0.3, 0.4) is 0 Å². The topological polar surface area (TPSA) is 101 Å². The average Bonchev–Trinajstić information content (AvgIpc) is 3.28. The molecule has 0 saturated carbocycles. The Morgan fingerprint density at radius 1 is 1.24 bits per heavy atom. The molecule has 1 aliphatic rings. The Kier molecular flexibility index (Phi) is 7.16. The molecule has 1 amide bonds. The van der Waals surface area contributed by atoms with Gasteiger partial charge >= 0.3 is 0 Å². The van der Waals surface area contributed by atoms with Crippen LogP contribution in [0.5, 0.6) is 5.75 Å². The SMILES string of the molecule is COc1cccc2sc(N3CCN(CCNC(=O)/C=C/c4cccc([N+](=O)[O-])c4)CC3)nc12. The number of nitrogens with one attached hydrogen (secondary N) is 1. The van der Waals surface area contributed by atoms with Gasteiger partial charge in [-0.2, -0.15) is 0 Å². The van der Waals surface area contributed by atoms with Crippen LogP contribution in [0.2, 0.25) is 0 Å². The van der Waals surface area contributed by atoms with Crippen LogP contribution < -0.4 is 15.0 Å². The van der Waals surface area contributed by atoms with Crippen molar-refractivity contribution in [1.82, 2.24) is 15.2 Å². The van der Waals surface area contributed by atoms with E-state index in [9.17, 15) is 14.9 Å². The zero-order valence-corrected chi connectivity index (χ0v) is 19.1. The van der Waals surface area contributed by atoms with Crippen LogP contribution in [0.1, 0.15) is 5.56 Å². The van der Waals surface area contributed by atoms with Gasteiger partial charge in [-0.1, -0.05) is 29.5 Å². The molecule has 0 unspecified atom stereocenters. The first-order valence-electron chi connectivity index (χ1n) is 10.6. The van der Waals surface area contributed by atoms with Crippen LogP contribution in [0, 0.1) is 10.1 Å².